The first-order valence-electron chi connectivity index (χ1n) is 8.64. The molecule has 0 saturated carbocycles. The molecule has 0 spiro atoms. The number of pyridine rings is 1. The maximum atomic E-state index is 13.2. The Kier molecular flexibility index (Phi) is 6.98. The van der Waals surface area contributed by atoms with Crippen molar-refractivity contribution in [3.05, 3.63) is 53.6 Å². The summed E-state index contributed by atoms with van der Waals surface area (Å²) >= 11 is 0. The molecule has 1 unspecified atom stereocenters. The van der Waals surface area contributed by atoms with Crippen molar-refractivity contribution in [3.63, 3.8) is 0 Å². The first-order chi connectivity index (χ1) is 12.6. The Morgan fingerprint density at radius 2 is 1.96 bits per heavy atom. The molecule has 1 saturated heterocycles. The van der Waals surface area contributed by atoms with Gasteiger partial charge in [-0.1, -0.05) is 0 Å². The molecule has 1 N–H and O–H groups in total. The van der Waals surface area contributed by atoms with Gasteiger partial charge in [-0.25, -0.2) is 14.1 Å². The summed E-state index contributed by atoms with van der Waals surface area (Å²) in [6.07, 6.45) is 2.55. The molecule has 0 radical (unpaired) electrons. The van der Waals surface area contributed by atoms with Crippen LogP contribution in [-0.2, 0) is 0 Å². The zero-order valence-corrected chi connectivity index (χ0v) is 17.2. The summed E-state index contributed by atoms with van der Waals surface area (Å²) in [7, 11) is 1.92. The number of rotatable bonds is 3. The highest BCUT2D eigenvalue weighted by molar-refractivity contribution is 5.97. The van der Waals surface area contributed by atoms with E-state index in [1.165, 1.54) is 12.1 Å². The summed E-state index contributed by atoms with van der Waals surface area (Å²) < 4.78 is 14.8. The lowest BCUT2D eigenvalue weighted by Crippen LogP contribution is -2.33. The minimum absolute atomic E-state index is 0. The average molecular weight is 426 g/mol. The second-order valence-corrected chi connectivity index (χ2v) is 6.59. The van der Waals surface area contributed by atoms with Gasteiger partial charge in [0.05, 0.1) is 16.9 Å². The van der Waals surface area contributed by atoms with Gasteiger partial charge in [0.25, 0.3) is 5.91 Å². The number of hydrogen-bond acceptors (Lipinski definition) is 4. The summed E-state index contributed by atoms with van der Waals surface area (Å²) in [5.74, 6) is -0.306. The number of aromatic nitrogens is 3. The van der Waals surface area contributed by atoms with Gasteiger partial charge in [-0.15, -0.1) is 24.8 Å². The van der Waals surface area contributed by atoms with E-state index >= 15 is 0 Å². The molecule has 2 aromatic heterocycles. The molecule has 1 aliphatic heterocycles. The lowest BCUT2D eigenvalue weighted by atomic mass is 10.2. The van der Waals surface area contributed by atoms with E-state index in [9.17, 15) is 9.18 Å². The Bertz CT molecular complexity index is 976. The predicted molar refractivity (Wildman–Crippen MR) is 111 cm³/mol. The van der Waals surface area contributed by atoms with E-state index in [1.807, 2.05) is 24.9 Å². The number of likely N-dealkylation sites (tertiary alicyclic amines) is 1. The van der Waals surface area contributed by atoms with Gasteiger partial charge in [-0.05, 0) is 50.7 Å². The smallest absolute Gasteiger partial charge is 0.255 e. The van der Waals surface area contributed by atoms with Crippen molar-refractivity contribution < 1.29 is 9.18 Å². The van der Waals surface area contributed by atoms with Crippen molar-refractivity contribution in [3.8, 4) is 5.69 Å². The summed E-state index contributed by atoms with van der Waals surface area (Å²) in [4.78, 5) is 19.1. The Morgan fingerprint density at radius 3 is 2.61 bits per heavy atom. The molecule has 9 heteroatoms. The van der Waals surface area contributed by atoms with Crippen molar-refractivity contribution in [2.24, 2.45) is 0 Å². The molecule has 4 rings (SSSR count). The molecule has 0 bridgehead atoms. The minimum atomic E-state index is -0.298. The van der Waals surface area contributed by atoms with E-state index in [0.29, 0.717) is 23.8 Å². The molecule has 6 nitrogen and oxygen atoms in total. The maximum Gasteiger partial charge on any atom is 0.255 e. The number of nitrogens with zero attached hydrogens (tertiary/aromatic N) is 4. The van der Waals surface area contributed by atoms with Crippen LogP contribution in [0, 0.1) is 12.7 Å². The van der Waals surface area contributed by atoms with Gasteiger partial charge in [0.2, 0.25) is 0 Å². The highest BCUT2D eigenvalue weighted by Crippen LogP contribution is 2.22. The Morgan fingerprint density at radius 1 is 1.25 bits per heavy atom. The van der Waals surface area contributed by atoms with E-state index in [1.54, 1.807) is 23.0 Å². The summed E-state index contributed by atoms with van der Waals surface area (Å²) in [6.45, 7) is 3.34. The van der Waals surface area contributed by atoms with Crippen LogP contribution in [0.5, 0.6) is 0 Å². The minimum Gasteiger partial charge on any atom is -0.337 e. The number of amides is 1. The topological polar surface area (TPSA) is 63.1 Å². The second kappa shape index (κ2) is 8.86. The number of carbonyl (C=O) groups excluding carboxylic acids is 1. The Hall–Kier alpha value is -2.22. The molecule has 1 aromatic carbocycles. The van der Waals surface area contributed by atoms with Gasteiger partial charge in [-0.2, -0.15) is 5.10 Å². The third-order valence-corrected chi connectivity index (χ3v) is 4.91. The Labute approximate surface area is 174 Å². The fourth-order valence-corrected chi connectivity index (χ4v) is 3.39. The van der Waals surface area contributed by atoms with Gasteiger partial charge in [0.15, 0.2) is 5.65 Å². The van der Waals surface area contributed by atoms with Crippen LogP contribution >= 0.6 is 24.8 Å². The molecule has 1 fully saturated rings. The number of halogens is 3. The predicted octanol–water partition coefficient (Wildman–Crippen LogP) is 3.15. The fourth-order valence-electron chi connectivity index (χ4n) is 3.39. The number of nitrogens with one attached hydrogen (secondary N) is 1. The molecular weight excluding hydrogens is 404 g/mol. The number of benzene rings is 1. The summed E-state index contributed by atoms with van der Waals surface area (Å²) in [5.41, 5.74) is 2.73. The monoisotopic (exact) mass is 425 g/mol. The fraction of sp³-hybridized carbons (Fsp3) is 0.316. The van der Waals surface area contributed by atoms with Crippen molar-refractivity contribution in [1.82, 2.24) is 25.0 Å². The molecule has 1 aliphatic rings. The quantitative estimate of drug-likeness (QED) is 0.699. The van der Waals surface area contributed by atoms with Crippen LogP contribution in [0.25, 0.3) is 16.7 Å². The van der Waals surface area contributed by atoms with Gasteiger partial charge in [0, 0.05) is 30.7 Å². The first-order valence-corrected chi connectivity index (χ1v) is 8.64. The molecule has 28 heavy (non-hydrogen) atoms. The van der Waals surface area contributed by atoms with E-state index in [4.69, 9.17) is 0 Å². The van der Waals surface area contributed by atoms with Crippen LogP contribution in [0.1, 0.15) is 22.5 Å². The molecular formula is C19H22Cl2FN5O. The number of hydrogen-bond donors (Lipinski definition) is 1. The molecule has 3 heterocycles. The van der Waals surface area contributed by atoms with Crippen molar-refractivity contribution in [2.45, 2.75) is 19.4 Å². The molecule has 150 valence electrons. The average Bonchev–Trinajstić information content (AvgIpc) is 3.27. The van der Waals surface area contributed by atoms with Crippen LogP contribution in [0.3, 0.4) is 0 Å². The molecule has 1 amide bonds. The van der Waals surface area contributed by atoms with E-state index < -0.39 is 0 Å². The van der Waals surface area contributed by atoms with E-state index in [0.717, 1.165) is 29.7 Å². The maximum absolute atomic E-state index is 13.2. The van der Waals surface area contributed by atoms with Crippen LogP contribution in [0.4, 0.5) is 4.39 Å². The van der Waals surface area contributed by atoms with E-state index in [-0.39, 0.29) is 36.5 Å². The number of aryl methyl sites for hydroxylation is 1. The largest absolute Gasteiger partial charge is 0.337 e. The first kappa shape index (κ1) is 22.1. The number of fused-ring (bicyclic) bond motifs is 1. The van der Waals surface area contributed by atoms with Gasteiger partial charge in [-0.3, -0.25) is 4.79 Å². The third kappa shape index (κ3) is 3.97. The van der Waals surface area contributed by atoms with Crippen molar-refractivity contribution >= 4 is 41.8 Å². The van der Waals surface area contributed by atoms with Crippen LogP contribution < -0.4 is 5.32 Å². The number of carbonyl (C=O) groups is 1. The number of likely N-dealkylation sites (N-methyl/N-ethyl adjacent to an activating group) is 1. The van der Waals surface area contributed by atoms with Crippen molar-refractivity contribution in [1.29, 1.82) is 0 Å². The highest BCUT2D eigenvalue weighted by atomic mass is 35.5. The van der Waals surface area contributed by atoms with Gasteiger partial charge < -0.3 is 10.2 Å². The lowest BCUT2D eigenvalue weighted by Gasteiger charge is -2.16. The SMILES string of the molecule is CNC1CCN(C(=O)c2cnc3c(c2)c(C)nn3-c2ccc(F)cc2)C1.Cl.Cl. The summed E-state index contributed by atoms with van der Waals surface area (Å²) in [6, 6.07) is 8.29. The summed E-state index contributed by atoms with van der Waals surface area (Å²) in [5, 5.41) is 8.55. The lowest BCUT2D eigenvalue weighted by molar-refractivity contribution is 0.0789. The molecule has 3 aromatic rings. The van der Waals surface area contributed by atoms with Crippen molar-refractivity contribution in [2.75, 3.05) is 20.1 Å². The normalized spacial score (nSPS) is 16.0. The van der Waals surface area contributed by atoms with Crippen LogP contribution in [-0.4, -0.2) is 51.8 Å². The van der Waals surface area contributed by atoms with Crippen LogP contribution in [0.15, 0.2) is 36.5 Å². The molecule has 0 aliphatic carbocycles. The zero-order chi connectivity index (χ0) is 18.3. The second-order valence-electron chi connectivity index (χ2n) is 6.59. The van der Waals surface area contributed by atoms with E-state index in [2.05, 4.69) is 15.4 Å². The Balaban J connectivity index is 0.00000140. The third-order valence-electron chi connectivity index (χ3n) is 4.91. The van der Waals surface area contributed by atoms with Gasteiger partial charge >= 0.3 is 0 Å². The standard InChI is InChI=1S/C19H20FN5O.2ClH/c1-12-17-9-13(19(26)24-8-7-15(11-24)21-2)10-22-18(17)25(23-12)16-5-3-14(20)4-6-16;;/h3-6,9-10,15,21H,7-8,11H2,1-2H3;2*1H. The molecule has 1 atom stereocenters. The van der Waals surface area contributed by atoms with Gasteiger partial charge in [0.1, 0.15) is 5.82 Å². The zero-order valence-electron chi connectivity index (χ0n) is 15.6. The highest BCUT2D eigenvalue weighted by Gasteiger charge is 2.26. The van der Waals surface area contributed by atoms with Crippen LogP contribution in [0.2, 0.25) is 0 Å².